The second kappa shape index (κ2) is 22.6. The molecule has 0 aliphatic carbocycles. The molecule has 4 heterocycles. The van der Waals surface area contributed by atoms with Crippen molar-refractivity contribution in [2.24, 2.45) is 33.3 Å². The molecule has 0 saturated heterocycles. The summed E-state index contributed by atoms with van der Waals surface area (Å²) in [4.78, 5) is 27.6. The maximum absolute atomic E-state index is 14.9. The average molecular weight is 1030 g/mol. The summed E-state index contributed by atoms with van der Waals surface area (Å²) in [6.07, 6.45) is 5.79. The highest BCUT2D eigenvalue weighted by Crippen LogP contribution is 2.50. The third-order valence-electron chi connectivity index (χ3n) is 11.9. The number of rotatable bonds is 10. The number of benzene rings is 4. The molecule has 70 heavy (non-hydrogen) atoms. The van der Waals surface area contributed by atoms with E-state index in [4.69, 9.17) is 53.8 Å². The van der Waals surface area contributed by atoms with Crippen molar-refractivity contribution in [3.05, 3.63) is 146 Å². The molecule has 6 unspecified atom stereocenters. The van der Waals surface area contributed by atoms with Crippen molar-refractivity contribution < 1.29 is 48.2 Å². The second-order valence-corrected chi connectivity index (χ2v) is 18.4. The minimum atomic E-state index is -1.87. The smallest absolute Gasteiger partial charge is 0.489 e. The highest BCUT2D eigenvalue weighted by atomic mass is 79.9. The fourth-order valence-electron chi connectivity index (χ4n) is 8.71. The number of ether oxygens (including phenoxy) is 2. The number of aliphatic hydroxyl groups is 2. The van der Waals surface area contributed by atoms with Gasteiger partial charge in [-0.2, -0.15) is 0 Å². The summed E-state index contributed by atoms with van der Waals surface area (Å²) in [7, 11) is 1.56. The second-order valence-electron chi connectivity index (χ2n) is 17.5. The van der Waals surface area contributed by atoms with E-state index in [1.807, 2.05) is 45.9 Å². The van der Waals surface area contributed by atoms with Gasteiger partial charge in [0.25, 0.3) is 0 Å². The van der Waals surface area contributed by atoms with Crippen LogP contribution < -0.4 is 26.4 Å². The molecular weight excluding hydrogens is 969 g/mol. The summed E-state index contributed by atoms with van der Waals surface area (Å²) in [6, 6.07) is 19.8. The first kappa shape index (κ1) is 53.0. The monoisotopic (exact) mass is 1020 g/mol. The SMILES string of the molecule is CC(C)=CC(CCO)C1CC2(N=C(N)N(C)O2)c2cc(Br)ccc2O1.[C-]#[N+]c1cccc(-c2ccc3c(c2)C2(CC(C(C=C(C)C)CCO)O3)N=C(N)N(C)O2)c1F.[C-]#[N+]c1cccc(B(O)O)c1F. The predicted molar refractivity (Wildman–Crippen MR) is 266 cm³/mol. The first-order valence-electron chi connectivity index (χ1n) is 22.3. The van der Waals surface area contributed by atoms with Gasteiger partial charge in [-0.1, -0.05) is 81.7 Å². The molecule has 0 aromatic heterocycles. The van der Waals surface area contributed by atoms with E-state index in [9.17, 15) is 19.0 Å². The summed E-state index contributed by atoms with van der Waals surface area (Å²) < 4.78 is 41.5. The Hall–Kier alpha value is -6.36. The summed E-state index contributed by atoms with van der Waals surface area (Å²) in [5, 5.41) is 39.3. The molecule has 0 amide bonds. The minimum absolute atomic E-state index is 0.0237. The maximum atomic E-state index is 14.9. The topological polar surface area (TPSA) is 210 Å². The zero-order chi connectivity index (χ0) is 51.1. The molecule has 16 nitrogen and oxygen atoms in total. The number of aliphatic hydroxyl groups excluding tert-OH is 2. The number of fused-ring (bicyclic) bond motifs is 4. The first-order chi connectivity index (χ1) is 33.3. The number of nitrogens with two attached hydrogens (primary N) is 2. The molecule has 6 atom stereocenters. The Balaban J connectivity index is 0.000000191. The van der Waals surface area contributed by atoms with Crippen LogP contribution in [0.25, 0.3) is 20.8 Å². The van der Waals surface area contributed by atoms with Gasteiger partial charge in [-0.15, -0.1) is 0 Å². The lowest BCUT2D eigenvalue weighted by molar-refractivity contribution is -0.193. The standard InChI is InChI=1S/C25H27FN4O3.C18H24BrN3O3.C7H5BFNO2/c1-15(2)12-17(10-11-31)22-14-25(29-24(27)30(4)33-25)19-13-16(8-9-21(19)32-22)18-6-5-7-20(28-3)23(18)26;1-11(2)8-12(6-7-23)16-10-18(21-17(20)22(3)25-18)14-9-13(19)4-5-15(14)24-16;1-10-6-4-2-3-5(7(6)9)8(11)12/h5-9,12-13,17,22,31H,10-11,14H2,1-2,4H3,(H2,27,29);4-5,8-9,12,16,23H,6-7,10H2,1-3H3,(H2,20,21);2-4,11-12H. The Morgan fingerprint density at radius 2 is 1.24 bits per heavy atom. The van der Waals surface area contributed by atoms with Crippen LogP contribution >= 0.6 is 15.9 Å². The van der Waals surface area contributed by atoms with Crippen molar-refractivity contribution in [1.29, 1.82) is 0 Å². The summed E-state index contributed by atoms with van der Waals surface area (Å²) in [5.74, 6) is 0.433. The van der Waals surface area contributed by atoms with Gasteiger partial charge in [-0.3, -0.25) is 0 Å². The van der Waals surface area contributed by atoms with Crippen LogP contribution in [-0.2, 0) is 21.1 Å². The maximum Gasteiger partial charge on any atom is 0.490 e. The lowest BCUT2D eigenvalue weighted by Crippen LogP contribution is -2.42. The highest BCUT2D eigenvalue weighted by molar-refractivity contribution is 9.10. The Kier molecular flexibility index (Phi) is 17.1. The Labute approximate surface area is 415 Å². The molecule has 8 N–H and O–H groups in total. The molecule has 368 valence electrons. The van der Waals surface area contributed by atoms with Crippen molar-refractivity contribution in [2.75, 3.05) is 27.3 Å². The van der Waals surface area contributed by atoms with Crippen molar-refractivity contribution in [1.82, 2.24) is 10.1 Å². The summed E-state index contributed by atoms with van der Waals surface area (Å²) in [5.41, 5.74) is 14.2. The fourth-order valence-corrected chi connectivity index (χ4v) is 9.07. The van der Waals surface area contributed by atoms with Crippen molar-refractivity contribution >= 4 is 51.8 Å². The van der Waals surface area contributed by atoms with E-state index in [0.717, 1.165) is 21.4 Å². The number of aliphatic imine (C=N–C) groups is 2. The average Bonchev–Trinajstić information content (AvgIpc) is 3.77. The number of guanidine groups is 2. The van der Waals surface area contributed by atoms with Crippen LogP contribution in [0, 0.1) is 36.6 Å². The number of hydrogen-bond acceptors (Lipinski definition) is 14. The van der Waals surface area contributed by atoms with Crippen LogP contribution in [0.5, 0.6) is 11.5 Å². The van der Waals surface area contributed by atoms with E-state index in [0.29, 0.717) is 54.1 Å². The van der Waals surface area contributed by atoms with Gasteiger partial charge in [0.1, 0.15) is 35.3 Å². The van der Waals surface area contributed by atoms with Crippen LogP contribution in [0.4, 0.5) is 20.2 Å². The number of nitrogens with zero attached hydrogens (tertiary/aromatic N) is 6. The normalized spacial score (nSPS) is 21.4. The van der Waals surface area contributed by atoms with Crippen LogP contribution in [0.3, 0.4) is 0 Å². The molecule has 4 aromatic rings. The van der Waals surface area contributed by atoms with Gasteiger partial charge in [0.2, 0.25) is 34.7 Å². The van der Waals surface area contributed by atoms with Crippen molar-refractivity contribution in [3.63, 3.8) is 0 Å². The highest BCUT2D eigenvalue weighted by Gasteiger charge is 2.51. The van der Waals surface area contributed by atoms with E-state index in [1.165, 1.54) is 40.0 Å². The molecule has 8 rings (SSSR count). The number of hydrogen-bond donors (Lipinski definition) is 6. The molecule has 0 bridgehead atoms. The van der Waals surface area contributed by atoms with E-state index in [1.54, 1.807) is 44.4 Å². The molecule has 20 heteroatoms. The van der Waals surface area contributed by atoms with Gasteiger partial charge in [0, 0.05) is 67.5 Å². The predicted octanol–water partition coefficient (Wildman–Crippen LogP) is 7.47. The lowest BCUT2D eigenvalue weighted by Gasteiger charge is -2.39. The molecule has 2 spiro atoms. The number of hydroxylamine groups is 4. The molecule has 0 radical (unpaired) electrons. The molecule has 0 fully saturated rings. The molecular formula is C50H56BBrF2N8O8. The number of halogens is 3. The summed E-state index contributed by atoms with van der Waals surface area (Å²) in [6.45, 7) is 22.0. The van der Waals surface area contributed by atoms with E-state index >= 15 is 0 Å². The van der Waals surface area contributed by atoms with Crippen LogP contribution in [-0.4, -0.2) is 88.9 Å². The van der Waals surface area contributed by atoms with Gasteiger partial charge >= 0.3 is 7.12 Å². The first-order valence-corrected chi connectivity index (χ1v) is 23.1. The summed E-state index contributed by atoms with van der Waals surface area (Å²) >= 11 is 3.51. The van der Waals surface area contributed by atoms with E-state index in [2.05, 4.69) is 47.8 Å². The van der Waals surface area contributed by atoms with Gasteiger partial charge in [0.15, 0.2) is 0 Å². The zero-order valence-electron chi connectivity index (χ0n) is 39.6. The van der Waals surface area contributed by atoms with Gasteiger partial charge in [-0.25, -0.2) is 48.3 Å². The van der Waals surface area contributed by atoms with Gasteiger partial charge in [-0.05, 0) is 76.4 Å². The van der Waals surface area contributed by atoms with E-state index < -0.39 is 30.2 Å². The third kappa shape index (κ3) is 11.6. The van der Waals surface area contributed by atoms with Gasteiger partial charge in [0.05, 0.1) is 24.3 Å². The fraction of sp³-hybridized carbons (Fsp3) is 0.360. The molecule has 4 aliphatic rings. The number of allylic oxidation sites excluding steroid dienone is 2. The molecule has 0 saturated carbocycles. The Morgan fingerprint density at radius 3 is 1.69 bits per heavy atom. The van der Waals surface area contributed by atoms with Crippen LogP contribution in [0.2, 0.25) is 0 Å². The molecule has 4 aromatic carbocycles. The van der Waals surface area contributed by atoms with Crippen molar-refractivity contribution in [3.8, 4) is 22.6 Å². The van der Waals surface area contributed by atoms with Crippen molar-refractivity contribution in [2.45, 2.75) is 77.0 Å². The largest absolute Gasteiger partial charge is 0.490 e. The van der Waals surface area contributed by atoms with Crippen LogP contribution in [0.1, 0.15) is 64.5 Å². The molecule has 4 aliphatic heterocycles. The van der Waals surface area contributed by atoms with Crippen LogP contribution in [0.15, 0.2) is 111 Å². The lowest BCUT2D eigenvalue weighted by atomic mass is 9.79. The quantitative estimate of drug-likeness (QED) is 0.0520. The van der Waals surface area contributed by atoms with E-state index in [-0.39, 0.29) is 60.1 Å². The Bertz CT molecular complexity index is 2780. The van der Waals surface area contributed by atoms with Gasteiger partial charge < -0.3 is 41.2 Å². The Morgan fingerprint density at radius 1 is 0.771 bits per heavy atom. The minimum Gasteiger partial charge on any atom is -0.489 e. The third-order valence-corrected chi connectivity index (χ3v) is 12.4. The zero-order valence-corrected chi connectivity index (χ0v) is 41.2.